The number of hydrogen-bond acceptors (Lipinski definition) is 5. The first-order valence-electron chi connectivity index (χ1n) is 7.37. The minimum Gasteiger partial charge on any atom is -0.506 e. The lowest BCUT2D eigenvalue weighted by atomic mass is 10.1. The Hall–Kier alpha value is -2.61. The van der Waals surface area contributed by atoms with Crippen molar-refractivity contribution in [1.29, 1.82) is 0 Å². The molecule has 2 heterocycles. The molecule has 24 heavy (non-hydrogen) atoms. The van der Waals surface area contributed by atoms with Gasteiger partial charge in [0.25, 0.3) is 5.91 Å². The van der Waals surface area contributed by atoms with E-state index in [1.54, 1.807) is 25.3 Å². The molecule has 0 aliphatic carbocycles. The Bertz CT molecular complexity index is 797. The zero-order valence-electron chi connectivity index (χ0n) is 13.1. The summed E-state index contributed by atoms with van der Waals surface area (Å²) in [4.78, 5) is 15.6. The van der Waals surface area contributed by atoms with Crippen molar-refractivity contribution in [2.45, 2.75) is 12.8 Å². The predicted molar refractivity (Wildman–Crippen MR) is 89.9 cm³/mol. The Kier molecular flexibility index (Phi) is 4.66. The van der Waals surface area contributed by atoms with Gasteiger partial charge >= 0.3 is 0 Å². The third kappa shape index (κ3) is 3.48. The highest BCUT2D eigenvalue weighted by Gasteiger charge is 2.28. The van der Waals surface area contributed by atoms with Gasteiger partial charge in [-0.05, 0) is 36.6 Å². The van der Waals surface area contributed by atoms with Crippen LogP contribution < -0.4 is 13.8 Å². The average molecular weight is 347 g/mol. The highest BCUT2D eigenvalue weighted by Crippen LogP contribution is 2.30. The lowest BCUT2D eigenvalue weighted by Crippen LogP contribution is -2.22. The van der Waals surface area contributed by atoms with Gasteiger partial charge in [0.15, 0.2) is 0 Å². The van der Waals surface area contributed by atoms with E-state index in [0.717, 1.165) is 11.3 Å². The molecule has 2 aromatic rings. The van der Waals surface area contributed by atoms with Crippen LogP contribution in [0.3, 0.4) is 0 Å². The van der Waals surface area contributed by atoms with Gasteiger partial charge in [-0.15, -0.1) is 0 Å². The van der Waals surface area contributed by atoms with E-state index in [4.69, 9.17) is 4.74 Å². The van der Waals surface area contributed by atoms with Crippen LogP contribution in [0.1, 0.15) is 11.3 Å². The molecule has 0 bridgehead atoms. The number of aromatic hydroxyl groups is 1. The summed E-state index contributed by atoms with van der Waals surface area (Å²) in [7, 11) is 1.57. The first kappa shape index (κ1) is 16.3. The molecule has 1 aromatic heterocycles. The van der Waals surface area contributed by atoms with Crippen molar-refractivity contribution >= 4 is 22.8 Å². The molecule has 1 aliphatic rings. The minimum absolute atomic E-state index is 0.00375. The highest BCUT2D eigenvalue weighted by molar-refractivity contribution is 7.85. The zero-order valence-corrected chi connectivity index (χ0v) is 13.9. The largest absolute Gasteiger partial charge is 0.506 e. The Morgan fingerprint density at radius 3 is 2.83 bits per heavy atom. The van der Waals surface area contributed by atoms with E-state index >= 15 is 0 Å². The van der Waals surface area contributed by atoms with E-state index in [2.05, 4.69) is 9.71 Å². The van der Waals surface area contributed by atoms with Gasteiger partial charge < -0.3 is 9.84 Å². The van der Waals surface area contributed by atoms with Crippen molar-refractivity contribution in [3.05, 3.63) is 47.7 Å². The highest BCUT2D eigenvalue weighted by atomic mass is 32.2. The molecule has 0 spiro atoms. The number of phenolic OH excluding ortho intramolecular Hbond substituents is 1. The van der Waals surface area contributed by atoms with Crippen molar-refractivity contribution in [3.63, 3.8) is 0 Å². The zero-order chi connectivity index (χ0) is 17.1. The molecule has 1 aliphatic heterocycles. The van der Waals surface area contributed by atoms with E-state index in [-0.39, 0.29) is 18.2 Å². The number of anilines is 1. The number of nitrogens with one attached hydrogen (secondary N) is 1. The number of carbonyl (C=O) groups is 1. The maximum Gasteiger partial charge on any atom is 0.253 e. The maximum absolute atomic E-state index is 11.8. The SMILES string of the molecule is COc1cccc(CCc2ccc(N3CC(=O)NS3=O)c(O)c2)n1. The molecule has 1 amide bonds. The fraction of sp³-hybridized carbons (Fsp3) is 0.250. The van der Waals surface area contributed by atoms with Crippen molar-refractivity contribution in [2.24, 2.45) is 0 Å². The number of carbonyl (C=O) groups excluding carboxylic acids is 1. The topological polar surface area (TPSA) is 91.8 Å². The first-order valence-corrected chi connectivity index (χ1v) is 8.48. The van der Waals surface area contributed by atoms with Crippen LogP contribution in [0.4, 0.5) is 5.69 Å². The number of aryl methyl sites for hydroxylation is 2. The normalized spacial score (nSPS) is 17.0. The Morgan fingerprint density at radius 1 is 1.33 bits per heavy atom. The van der Waals surface area contributed by atoms with Gasteiger partial charge in [-0.1, -0.05) is 12.1 Å². The number of aromatic nitrogens is 1. The Morgan fingerprint density at radius 2 is 2.17 bits per heavy atom. The number of benzene rings is 1. The quantitative estimate of drug-likeness (QED) is 0.845. The number of pyridine rings is 1. The van der Waals surface area contributed by atoms with Crippen LogP contribution in [0.2, 0.25) is 0 Å². The minimum atomic E-state index is -1.65. The summed E-state index contributed by atoms with van der Waals surface area (Å²) in [6.07, 6.45) is 1.39. The molecule has 1 saturated heterocycles. The molecule has 3 rings (SSSR count). The number of nitrogens with zero attached hydrogens (tertiary/aromatic N) is 2. The number of methoxy groups -OCH3 is 1. The van der Waals surface area contributed by atoms with Gasteiger partial charge in [0.2, 0.25) is 17.1 Å². The van der Waals surface area contributed by atoms with Crippen molar-refractivity contribution < 1.29 is 18.8 Å². The van der Waals surface area contributed by atoms with Gasteiger partial charge in [0.1, 0.15) is 12.3 Å². The lowest BCUT2D eigenvalue weighted by Gasteiger charge is -2.15. The second-order valence-electron chi connectivity index (χ2n) is 5.31. The second-order valence-corrected chi connectivity index (χ2v) is 6.45. The van der Waals surface area contributed by atoms with Crippen molar-refractivity contribution in [1.82, 2.24) is 9.71 Å². The lowest BCUT2D eigenvalue weighted by molar-refractivity contribution is -0.117. The molecule has 0 radical (unpaired) electrons. The van der Waals surface area contributed by atoms with Gasteiger partial charge in [-0.3, -0.25) is 13.8 Å². The smallest absolute Gasteiger partial charge is 0.253 e. The van der Waals surface area contributed by atoms with Gasteiger partial charge in [0, 0.05) is 11.8 Å². The van der Waals surface area contributed by atoms with Crippen LogP contribution in [-0.4, -0.2) is 33.9 Å². The summed E-state index contributed by atoms with van der Waals surface area (Å²) >= 11 is -1.65. The molecule has 0 saturated carbocycles. The van der Waals surface area contributed by atoms with Crippen LogP contribution in [0.25, 0.3) is 0 Å². The van der Waals surface area contributed by atoms with E-state index in [1.807, 2.05) is 18.2 Å². The summed E-state index contributed by atoms with van der Waals surface area (Å²) in [5, 5.41) is 10.2. The van der Waals surface area contributed by atoms with E-state index in [9.17, 15) is 14.1 Å². The number of ether oxygens (including phenoxy) is 1. The van der Waals surface area contributed by atoms with E-state index in [1.165, 1.54) is 4.31 Å². The third-order valence-electron chi connectivity index (χ3n) is 3.66. The molecule has 1 fully saturated rings. The van der Waals surface area contributed by atoms with Crippen LogP contribution in [0.5, 0.6) is 11.6 Å². The molecule has 126 valence electrons. The fourth-order valence-corrected chi connectivity index (χ4v) is 3.40. The Labute approximate surface area is 142 Å². The summed E-state index contributed by atoms with van der Waals surface area (Å²) in [5.41, 5.74) is 2.19. The summed E-state index contributed by atoms with van der Waals surface area (Å²) in [5.74, 6) is 0.233. The molecule has 1 atom stereocenters. The van der Waals surface area contributed by atoms with Gasteiger partial charge in [-0.25, -0.2) is 9.19 Å². The van der Waals surface area contributed by atoms with Crippen molar-refractivity contribution in [3.8, 4) is 11.6 Å². The molecule has 8 heteroatoms. The van der Waals surface area contributed by atoms with Crippen molar-refractivity contribution in [2.75, 3.05) is 18.0 Å². The van der Waals surface area contributed by atoms with Crippen LogP contribution >= 0.6 is 0 Å². The maximum atomic E-state index is 11.8. The summed E-state index contributed by atoms with van der Waals surface area (Å²) in [6.45, 7) is -0.0345. The molecule has 1 unspecified atom stereocenters. The average Bonchev–Trinajstić information content (AvgIpc) is 2.91. The van der Waals surface area contributed by atoms with E-state index < -0.39 is 11.2 Å². The molecule has 2 N–H and O–H groups in total. The predicted octanol–water partition coefficient (Wildman–Crippen LogP) is 1.10. The first-order chi connectivity index (χ1) is 11.6. The van der Waals surface area contributed by atoms with Crippen LogP contribution in [-0.2, 0) is 28.8 Å². The number of phenols is 1. The van der Waals surface area contributed by atoms with Crippen LogP contribution in [0, 0.1) is 0 Å². The molecule has 1 aromatic carbocycles. The fourth-order valence-electron chi connectivity index (χ4n) is 2.47. The third-order valence-corrected chi connectivity index (χ3v) is 4.79. The summed E-state index contributed by atoms with van der Waals surface area (Å²) < 4.78 is 20.5. The molecule has 7 nitrogen and oxygen atoms in total. The standard InChI is InChI=1S/C16H17N3O4S/c1-23-16-4-2-3-12(17-16)7-5-11-6-8-13(14(20)9-11)19-10-15(21)18-24(19)22/h2-4,6,8-9,20H,5,7,10H2,1H3,(H,18,21). The second kappa shape index (κ2) is 6.88. The molecular weight excluding hydrogens is 330 g/mol. The molecular formula is C16H17N3O4S. The monoisotopic (exact) mass is 347 g/mol. The van der Waals surface area contributed by atoms with Crippen LogP contribution in [0.15, 0.2) is 36.4 Å². The van der Waals surface area contributed by atoms with E-state index in [0.29, 0.717) is 24.4 Å². The number of hydrogen-bond donors (Lipinski definition) is 2. The number of rotatable bonds is 5. The summed E-state index contributed by atoms with van der Waals surface area (Å²) in [6, 6.07) is 10.7. The van der Waals surface area contributed by atoms with Gasteiger partial charge in [0.05, 0.1) is 12.8 Å². The Balaban J connectivity index is 1.70. The van der Waals surface area contributed by atoms with Gasteiger partial charge in [-0.2, -0.15) is 0 Å². The number of amides is 1.